The molecule has 2 fully saturated rings. The lowest BCUT2D eigenvalue weighted by Crippen LogP contribution is -2.49. The van der Waals surface area contributed by atoms with Crippen molar-refractivity contribution >= 4 is 23.9 Å². The number of amides is 6. The molecule has 6 amide bonds. The van der Waals surface area contributed by atoms with E-state index in [1.54, 1.807) is 0 Å². The number of carbonyl (C=O) groups is 4. The molecule has 0 atom stereocenters. The van der Waals surface area contributed by atoms with Crippen molar-refractivity contribution in [2.45, 2.75) is 51.5 Å². The maximum atomic E-state index is 12.5. The molecule has 128 valence electrons. The van der Waals surface area contributed by atoms with Gasteiger partial charge >= 0.3 is 12.1 Å². The molecule has 1 heterocycles. The van der Waals surface area contributed by atoms with Crippen LogP contribution in [0.15, 0.2) is 0 Å². The molecule has 0 bridgehead atoms. The average Bonchev–Trinajstić information content (AvgIpc) is 2.70. The van der Waals surface area contributed by atoms with Crippen LogP contribution in [0.25, 0.3) is 0 Å². The van der Waals surface area contributed by atoms with E-state index in [1.165, 1.54) is 0 Å². The monoisotopic (exact) mass is 324 g/mol. The second kappa shape index (κ2) is 6.97. The first-order valence-electron chi connectivity index (χ1n) is 8.06. The minimum absolute atomic E-state index is 0.257. The predicted octanol–water partition coefficient (Wildman–Crippen LogP) is 0.723. The van der Waals surface area contributed by atoms with Gasteiger partial charge in [0, 0.05) is 6.54 Å². The van der Waals surface area contributed by atoms with Gasteiger partial charge in [0.25, 0.3) is 5.91 Å². The molecule has 1 saturated carbocycles. The summed E-state index contributed by atoms with van der Waals surface area (Å²) < 4.78 is 0. The topological polar surface area (TPSA) is 108 Å². The Labute approximate surface area is 135 Å². The predicted molar refractivity (Wildman–Crippen MR) is 82.4 cm³/mol. The Balaban J connectivity index is 1.89. The zero-order valence-corrected chi connectivity index (χ0v) is 13.6. The molecule has 1 saturated heterocycles. The van der Waals surface area contributed by atoms with E-state index in [2.05, 4.69) is 16.0 Å². The lowest BCUT2D eigenvalue weighted by molar-refractivity contribution is -0.135. The second-order valence-electron chi connectivity index (χ2n) is 6.62. The Morgan fingerprint density at radius 1 is 1.22 bits per heavy atom. The van der Waals surface area contributed by atoms with Crippen LogP contribution in [-0.2, 0) is 9.59 Å². The first kappa shape index (κ1) is 17.2. The normalized spacial score (nSPS) is 19.9. The summed E-state index contributed by atoms with van der Waals surface area (Å²) in [5, 5.41) is 7.40. The van der Waals surface area contributed by atoms with E-state index in [0.717, 1.165) is 24.2 Å². The number of hydrogen-bond donors (Lipinski definition) is 3. The van der Waals surface area contributed by atoms with Gasteiger partial charge < -0.3 is 10.6 Å². The fourth-order valence-electron chi connectivity index (χ4n) is 2.96. The molecular weight excluding hydrogens is 300 g/mol. The van der Waals surface area contributed by atoms with E-state index >= 15 is 0 Å². The van der Waals surface area contributed by atoms with Crippen LogP contribution in [0.3, 0.4) is 0 Å². The summed E-state index contributed by atoms with van der Waals surface area (Å²) >= 11 is 0. The van der Waals surface area contributed by atoms with Gasteiger partial charge in [0.1, 0.15) is 12.1 Å². The molecule has 0 aromatic rings. The largest absolute Gasteiger partial charge is 0.338 e. The molecule has 3 N–H and O–H groups in total. The van der Waals surface area contributed by atoms with Gasteiger partial charge in [-0.25, -0.2) is 9.59 Å². The van der Waals surface area contributed by atoms with Gasteiger partial charge in [0.2, 0.25) is 5.91 Å². The number of nitrogens with zero attached hydrogens (tertiary/aromatic N) is 1. The number of urea groups is 2. The Kier molecular flexibility index (Phi) is 5.23. The highest BCUT2D eigenvalue weighted by Gasteiger charge is 2.51. The van der Waals surface area contributed by atoms with Crippen molar-refractivity contribution in [1.82, 2.24) is 20.9 Å². The zero-order valence-electron chi connectivity index (χ0n) is 13.6. The third-order valence-electron chi connectivity index (χ3n) is 4.18. The van der Waals surface area contributed by atoms with Gasteiger partial charge in [0.15, 0.2) is 0 Å². The Hall–Kier alpha value is -2.12. The first-order valence-corrected chi connectivity index (χ1v) is 8.06. The molecule has 8 heteroatoms. The Bertz CT molecular complexity index is 512. The van der Waals surface area contributed by atoms with E-state index in [4.69, 9.17) is 0 Å². The highest BCUT2D eigenvalue weighted by Crippen LogP contribution is 2.33. The molecule has 8 nitrogen and oxygen atoms in total. The fraction of sp³-hybridized carbons (Fsp3) is 0.733. The summed E-state index contributed by atoms with van der Waals surface area (Å²) in [6, 6.07) is -1.18. The van der Waals surface area contributed by atoms with Gasteiger partial charge in [-0.1, -0.05) is 33.1 Å². The van der Waals surface area contributed by atoms with Crippen molar-refractivity contribution in [2.75, 3.05) is 13.1 Å². The quantitative estimate of drug-likeness (QED) is 0.662. The number of imide groups is 2. The summed E-state index contributed by atoms with van der Waals surface area (Å²) in [4.78, 5) is 48.8. The molecule has 2 aliphatic rings. The third kappa shape index (κ3) is 4.00. The molecule has 0 aromatic carbocycles. The van der Waals surface area contributed by atoms with Crippen LogP contribution in [-0.4, -0.2) is 47.4 Å². The van der Waals surface area contributed by atoms with Gasteiger partial charge in [0.05, 0.1) is 0 Å². The van der Waals surface area contributed by atoms with Crippen LogP contribution in [0, 0.1) is 5.92 Å². The van der Waals surface area contributed by atoms with E-state index in [1.807, 2.05) is 13.8 Å². The SMILES string of the molecule is CC(C)CNC(=O)NC(=O)CN1C(=O)NC2(CCCCC2)C1=O. The molecule has 0 aromatic heterocycles. The molecule has 0 radical (unpaired) electrons. The summed E-state index contributed by atoms with van der Waals surface area (Å²) in [7, 11) is 0. The maximum Gasteiger partial charge on any atom is 0.325 e. The van der Waals surface area contributed by atoms with E-state index < -0.39 is 30.1 Å². The lowest BCUT2D eigenvalue weighted by Gasteiger charge is -2.30. The second-order valence-corrected chi connectivity index (χ2v) is 6.62. The minimum atomic E-state index is -0.852. The van der Waals surface area contributed by atoms with Gasteiger partial charge in [-0.2, -0.15) is 0 Å². The minimum Gasteiger partial charge on any atom is -0.338 e. The van der Waals surface area contributed by atoms with Crippen LogP contribution >= 0.6 is 0 Å². The molecule has 23 heavy (non-hydrogen) atoms. The number of hydrogen-bond acceptors (Lipinski definition) is 4. The smallest absolute Gasteiger partial charge is 0.325 e. The lowest BCUT2D eigenvalue weighted by atomic mass is 9.82. The van der Waals surface area contributed by atoms with Crippen molar-refractivity contribution in [3.05, 3.63) is 0 Å². The van der Waals surface area contributed by atoms with Crippen LogP contribution in [0.4, 0.5) is 9.59 Å². The molecular formula is C15H24N4O4. The van der Waals surface area contributed by atoms with Crippen LogP contribution in [0.1, 0.15) is 46.0 Å². The Morgan fingerprint density at radius 2 is 1.87 bits per heavy atom. The summed E-state index contributed by atoms with van der Waals surface area (Å²) in [6.45, 7) is 3.85. The van der Waals surface area contributed by atoms with Crippen molar-refractivity contribution in [3.63, 3.8) is 0 Å². The molecule has 1 spiro atoms. The fourth-order valence-corrected chi connectivity index (χ4v) is 2.96. The molecule has 1 aliphatic heterocycles. The summed E-state index contributed by atoms with van der Waals surface area (Å²) in [5.74, 6) is -0.782. The highest BCUT2D eigenvalue weighted by atomic mass is 16.2. The van der Waals surface area contributed by atoms with E-state index in [9.17, 15) is 19.2 Å². The van der Waals surface area contributed by atoms with Crippen molar-refractivity contribution in [2.24, 2.45) is 5.92 Å². The maximum absolute atomic E-state index is 12.5. The van der Waals surface area contributed by atoms with Crippen LogP contribution in [0.5, 0.6) is 0 Å². The average molecular weight is 324 g/mol. The van der Waals surface area contributed by atoms with Crippen LogP contribution in [0.2, 0.25) is 0 Å². The van der Waals surface area contributed by atoms with E-state index in [0.29, 0.717) is 19.4 Å². The highest BCUT2D eigenvalue weighted by molar-refractivity contribution is 6.10. The standard InChI is InChI=1S/C15H24N4O4/c1-10(2)8-16-13(22)17-11(20)9-19-12(21)15(18-14(19)23)6-4-3-5-7-15/h10H,3-9H2,1-2H3,(H,18,23)(H2,16,17,20,22). The Morgan fingerprint density at radius 3 is 2.48 bits per heavy atom. The van der Waals surface area contributed by atoms with Crippen molar-refractivity contribution < 1.29 is 19.2 Å². The zero-order chi connectivity index (χ0) is 17.0. The van der Waals surface area contributed by atoms with Gasteiger partial charge in [-0.05, 0) is 18.8 Å². The molecule has 2 rings (SSSR count). The van der Waals surface area contributed by atoms with Gasteiger partial charge in [-0.3, -0.25) is 19.8 Å². The summed E-state index contributed by atoms with van der Waals surface area (Å²) in [5.41, 5.74) is -0.852. The summed E-state index contributed by atoms with van der Waals surface area (Å²) in [6.07, 6.45) is 4.00. The first-order chi connectivity index (χ1) is 10.8. The number of rotatable bonds is 4. The van der Waals surface area contributed by atoms with Crippen molar-refractivity contribution in [1.29, 1.82) is 0 Å². The van der Waals surface area contributed by atoms with Crippen molar-refractivity contribution in [3.8, 4) is 0 Å². The third-order valence-corrected chi connectivity index (χ3v) is 4.18. The van der Waals surface area contributed by atoms with Gasteiger partial charge in [-0.15, -0.1) is 0 Å². The van der Waals surface area contributed by atoms with E-state index in [-0.39, 0.29) is 11.8 Å². The molecule has 1 aliphatic carbocycles. The molecule has 0 unspecified atom stereocenters. The number of carbonyl (C=O) groups excluding carboxylic acids is 4. The van der Waals surface area contributed by atoms with Crippen LogP contribution < -0.4 is 16.0 Å². The number of nitrogens with one attached hydrogen (secondary N) is 3.